The Balaban J connectivity index is 1.80. The van der Waals surface area contributed by atoms with Crippen LogP contribution in [0.4, 0.5) is 10.5 Å². The normalized spacial score (nSPS) is 18.2. The zero-order valence-electron chi connectivity index (χ0n) is 17.0. The second-order valence-electron chi connectivity index (χ2n) is 7.02. The maximum atomic E-state index is 13.1. The molecule has 0 aromatic heterocycles. The number of urea groups is 1. The van der Waals surface area contributed by atoms with Crippen LogP contribution in [0.25, 0.3) is 0 Å². The van der Waals surface area contributed by atoms with Crippen molar-refractivity contribution in [1.82, 2.24) is 10.2 Å². The van der Waals surface area contributed by atoms with Crippen molar-refractivity contribution in [3.8, 4) is 11.5 Å². The Hall–Kier alpha value is -3.26. The summed E-state index contributed by atoms with van der Waals surface area (Å²) in [5.41, 5.74) is 0.484. The lowest BCUT2D eigenvalue weighted by Crippen LogP contribution is -2.42. The van der Waals surface area contributed by atoms with E-state index in [9.17, 15) is 14.4 Å². The maximum absolute atomic E-state index is 13.1. The van der Waals surface area contributed by atoms with Gasteiger partial charge in [0.1, 0.15) is 12.1 Å². The van der Waals surface area contributed by atoms with Gasteiger partial charge >= 0.3 is 6.03 Å². The predicted octanol–water partition coefficient (Wildman–Crippen LogP) is 3.07. The first-order chi connectivity index (χ1) is 14.2. The summed E-state index contributed by atoms with van der Waals surface area (Å²) in [6.07, 6.45) is 0. The second-order valence-corrected chi connectivity index (χ2v) is 7.46. The molecule has 4 amide bonds. The van der Waals surface area contributed by atoms with E-state index in [-0.39, 0.29) is 0 Å². The number of carbonyl (C=O) groups excluding carboxylic acids is 3. The molecule has 8 nitrogen and oxygen atoms in total. The number of nitrogens with one attached hydrogen (secondary N) is 2. The van der Waals surface area contributed by atoms with E-state index < -0.39 is 29.9 Å². The summed E-state index contributed by atoms with van der Waals surface area (Å²) in [6, 6.07) is 9.35. The highest BCUT2D eigenvalue weighted by Gasteiger charge is 2.49. The molecule has 158 valence electrons. The molecule has 1 aliphatic rings. The summed E-state index contributed by atoms with van der Waals surface area (Å²) in [5.74, 6) is -0.140. The molecule has 0 spiro atoms. The highest BCUT2D eigenvalue weighted by Crippen LogP contribution is 2.35. The van der Waals surface area contributed by atoms with E-state index >= 15 is 0 Å². The summed E-state index contributed by atoms with van der Waals surface area (Å²) in [5, 5.41) is 5.82. The zero-order chi connectivity index (χ0) is 22.1. The van der Waals surface area contributed by atoms with Gasteiger partial charge in [0, 0.05) is 10.7 Å². The average Bonchev–Trinajstić information content (AvgIpc) is 2.94. The molecule has 3 rings (SSSR count). The van der Waals surface area contributed by atoms with Gasteiger partial charge in [0.2, 0.25) is 5.91 Å². The molecule has 0 bridgehead atoms. The van der Waals surface area contributed by atoms with Crippen LogP contribution >= 0.6 is 11.6 Å². The molecule has 1 heterocycles. The van der Waals surface area contributed by atoms with E-state index in [0.717, 1.165) is 10.5 Å². The van der Waals surface area contributed by atoms with Gasteiger partial charge in [0.25, 0.3) is 5.91 Å². The lowest BCUT2D eigenvalue weighted by atomic mass is 9.91. The monoisotopic (exact) mass is 431 g/mol. The third kappa shape index (κ3) is 3.91. The first kappa shape index (κ1) is 21.4. The Labute approximate surface area is 179 Å². The van der Waals surface area contributed by atoms with Gasteiger partial charge in [0.15, 0.2) is 11.5 Å². The van der Waals surface area contributed by atoms with Crippen molar-refractivity contribution in [3.05, 3.63) is 52.5 Å². The zero-order valence-corrected chi connectivity index (χ0v) is 17.8. The molecule has 30 heavy (non-hydrogen) atoms. The highest BCUT2D eigenvalue weighted by atomic mass is 35.5. The van der Waals surface area contributed by atoms with Crippen LogP contribution in [0.5, 0.6) is 11.5 Å². The average molecular weight is 432 g/mol. The Bertz CT molecular complexity index is 1030. The van der Waals surface area contributed by atoms with Crippen LogP contribution in [0.1, 0.15) is 18.1 Å². The second kappa shape index (κ2) is 8.23. The molecule has 2 N–H and O–H groups in total. The summed E-state index contributed by atoms with van der Waals surface area (Å²) in [4.78, 5) is 38.9. The van der Waals surface area contributed by atoms with Gasteiger partial charge < -0.3 is 20.1 Å². The first-order valence-electron chi connectivity index (χ1n) is 9.12. The quantitative estimate of drug-likeness (QED) is 0.685. The van der Waals surface area contributed by atoms with Crippen LogP contribution < -0.4 is 20.1 Å². The fourth-order valence-electron chi connectivity index (χ4n) is 3.25. The molecular formula is C21H22ClN3O5. The number of nitrogens with zero attached hydrogens (tertiary/aromatic N) is 1. The Morgan fingerprint density at radius 3 is 2.50 bits per heavy atom. The van der Waals surface area contributed by atoms with Crippen LogP contribution in [0, 0.1) is 6.92 Å². The number of carbonyl (C=O) groups is 3. The van der Waals surface area contributed by atoms with Gasteiger partial charge in [0.05, 0.1) is 14.2 Å². The van der Waals surface area contributed by atoms with Gasteiger partial charge in [-0.1, -0.05) is 23.7 Å². The van der Waals surface area contributed by atoms with Gasteiger partial charge in [-0.15, -0.1) is 0 Å². The molecule has 0 saturated carbocycles. The minimum Gasteiger partial charge on any atom is -0.493 e. The Morgan fingerprint density at radius 2 is 1.83 bits per heavy atom. The van der Waals surface area contributed by atoms with E-state index in [1.807, 2.05) is 6.92 Å². The summed E-state index contributed by atoms with van der Waals surface area (Å²) in [7, 11) is 2.98. The lowest BCUT2D eigenvalue weighted by Gasteiger charge is -2.23. The standard InChI is InChI=1S/C21H22ClN3O5/c1-12-5-7-14(22)10-15(12)23-18(26)11-25-19(27)21(2,24-20(25)28)13-6-8-16(29-3)17(9-13)30-4/h5-10H,11H2,1-4H3,(H,23,26)(H,24,28). The lowest BCUT2D eigenvalue weighted by molar-refractivity contribution is -0.133. The molecular weight excluding hydrogens is 410 g/mol. The third-order valence-corrected chi connectivity index (χ3v) is 5.25. The van der Waals surface area contributed by atoms with Gasteiger partial charge in [-0.25, -0.2) is 4.79 Å². The van der Waals surface area contributed by atoms with Crippen LogP contribution in [0.2, 0.25) is 5.02 Å². The maximum Gasteiger partial charge on any atom is 0.325 e. The van der Waals surface area contributed by atoms with E-state index in [1.54, 1.807) is 43.3 Å². The number of hydrogen-bond acceptors (Lipinski definition) is 5. The van der Waals surface area contributed by atoms with Crippen LogP contribution in [0.15, 0.2) is 36.4 Å². The fraction of sp³-hybridized carbons (Fsp3) is 0.286. The van der Waals surface area contributed by atoms with Gasteiger partial charge in [-0.2, -0.15) is 0 Å². The van der Waals surface area contributed by atoms with Crippen molar-refractivity contribution in [2.45, 2.75) is 19.4 Å². The molecule has 0 aliphatic carbocycles. The minimum atomic E-state index is -1.34. The molecule has 9 heteroatoms. The molecule has 0 radical (unpaired) electrons. The predicted molar refractivity (Wildman–Crippen MR) is 112 cm³/mol. The Morgan fingerprint density at radius 1 is 1.13 bits per heavy atom. The van der Waals surface area contributed by atoms with Crippen molar-refractivity contribution in [1.29, 1.82) is 0 Å². The molecule has 2 aromatic rings. The fourth-order valence-corrected chi connectivity index (χ4v) is 3.42. The van der Waals surface area contributed by atoms with Crippen LogP contribution in [-0.2, 0) is 15.1 Å². The van der Waals surface area contributed by atoms with Crippen molar-refractivity contribution in [2.24, 2.45) is 0 Å². The molecule has 1 aliphatic heterocycles. The number of methoxy groups -OCH3 is 2. The molecule has 1 atom stereocenters. The SMILES string of the molecule is COc1ccc(C2(C)NC(=O)N(CC(=O)Nc3cc(Cl)ccc3C)C2=O)cc1OC. The van der Waals surface area contributed by atoms with Gasteiger partial charge in [-0.3, -0.25) is 14.5 Å². The molecule has 2 aromatic carbocycles. The first-order valence-corrected chi connectivity index (χ1v) is 9.50. The van der Waals surface area contributed by atoms with E-state index in [4.69, 9.17) is 21.1 Å². The number of halogens is 1. The van der Waals surface area contributed by atoms with E-state index in [1.165, 1.54) is 14.2 Å². The summed E-state index contributed by atoms with van der Waals surface area (Å²) >= 11 is 5.97. The third-order valence-electron chi connectivity index (χ3n) is 5.01. The van der Waals surface area contributed by atoms with Crippen LogP contribution in [0.3, 0.4) is 0 Å². The number of imide groups is 1. The molecule has 1 unspecified atom stereocenters. The number of rotatable bonds is 6. The summed E-state index contributed by atoms with van der Waals surface area (Å²) < 4.78 is 10.5. The van der Waals surface area contributed by atoms with E-state index in [2.05, 4.69) is 10.6 Å². The van der Waals surface area contributed by atoms with Crippen molar-refractivity contribution in [2.75, 3.05) is 26.1 Å². The van der Waals surface area contributed by atoms with Crippen LogP contribution in [-0.4, -0.2) is 43.5 Å². The van der Waals surface area contributed by atoms with Crippen molar-refractivity contribution >= 4 is 35.1 Å². The van der Waals surface area contributed by atoms with Crippen molar-refractivity contribution in [3.63, 3.8) is 0 Å². The number of amides is 4. The van der Waals surface area contributed by atoms with Gasteiger partial charge in [-0.05, 0) is 49.2 Å². The smallest absolute Gasteiger partial charge is 0.325 e. The number of aryl methyl sites for hydroxylation is 1. The Kier molecular flexibility index (Phi) is 5.89. The summed E-state index contributed by atoms with van der Waals surface area (Å²) in [6.45, 7) is 2.96. The highest BCUT2D eigenvalue weighted by molar-refractivity contribution is 6.31. The van der Waals surface area contributed by atoms with E-state index in [0.29, 0.717) is 27.8 Å². The van der Waals surface area contributed by atoms with Crippen molar-refractivity contribution < 1.29 is 23.9 Å². The minimum absolute atomic E-state index is 0.422. The number of ether oxygens (including phenoxy) is 2. The number of hydrogen-bond donors (Lipinski definition) is 2. The number of benzene rings is 2. The largest absolute Gasteiger partial charge is 0.493 e. The topological polar surface area (TPSA) is 97.0 Å². The molecule has 1 saturated heterocycles. The number of anilines is 1. The molecule has 1 fully saturated rings.